The summed E-state index contributed by atoms with van der Waals surface area (Å²) in [5.41, 5.74) is 4.45. The van der Waals surface area contributed by atoms with Crippen LogP contribution in [-0.4, -0.2) is 25.5 Å². The largest absolute Gasteiger partial charge is 0.273 e. The van der Waals surface area contributed by atoms with Crippen LogP contribution >= 0.6 is 11.6 Å². The highest BCUT2D eigenvalue weighted by Gasteiger charge is 2.28. The van der Waals surface area contributed by atoms with E-state index in [1.54, 1.807) is 60.7 Å². The second-order valence-corrected chi connectivity index (χ2v) is 10.8. The molecule has 0 spiro atoms. The molecule has 0 unspecified atom stereocenters. The number of non-ortho nitro benzene ring substituents is 1. The summed E-state index contributed by atoms with van der Waals surface area (Å²) in [5.74, 6) is -0.660. The van der Waals surface area contributed by atoms with Crippen molar-refractivity contribution in [3.05, 3.63) is 134 Å². The maximum atomic E-state index is 13.9. The molecule has 0 saturated carbocycles. The SMILES string of the molecule is Cc1ccc(S(=O)(=O)N(Cc2ccc(Cl)cc2)c2ccccc2C(=O)N/N=C/c2cccc([N+](=O)[O-])c2)cc1. The zero-order valence-electron chi connectivity index (χ0n) is 20.7. The van der Waals surface area contributed by atoms with E-state index in [9.17, 15) is 23.3 Å². The second-order valence-electron chi connectivity index (χ2n) is 8.52. The quantitative estimate of drug-likeness (QED) is 0.159. The third-order valence-electron chi connectivity index (χ3n) is 5.73. The van der Waals surface area contributed by atoms with Gasteiger partial charge in [0, 0.05) is 22.7 Å². The van der Waals surface area contributed by atoms with E-state index < -0.39 is 20.9 Å². The van der Waals surface area contributed by atoms with Gasteiger partial charge in [-0.25, -0.2) is 13.8 Å². The number of nitro groups is 1. The highest BCUT2D eigenvalue weighted by molar-refractivity contribution is 7.92. The number of benzene rings is 4. The summed E-state index contributed by atoms with van der Waals surface area (Å²) in [5, 5.41) is 15.4. The molecule has 9 nitrogen and oxygen atoms in total. The molecule has 198 valence electrons. The molecule has 4 aromatic carbocycles. The third kappa shape index (κ3) is 6.67. The molecule has 0 aliphatic carbocycles. The van der Waals surface area contributed by atoms with Crippen LogP contribution in [0.2, 0.25) is 5.02 Å². The number of rotatable bonds is 9. The first kappa shape index (κ1) is 27.5. The van der Waals surface area contributed by atoms with Gasteiger partial charge in [0.2, 0.25) is 0 Å². The normalized spacial score (nSPS) is 11.3. The van der Waals surface area contributed by atoms with Crippen molar-refractivity contribution in [3.63, 3.8) is 0 Å². The fourth-order valence-corrected chi connectivity index (χ4v) is 5.32. The van der Waals surface area contributed by atoms with Gasteiger partial charge >= 0.3 is 0 Å². The summed E-state index contributed by atoms with van der Waals surface area (Å²) >= 11 is 6.02. The number of hydrazone groups is 1. The van der Waals surface area contributed by atoms with Gasteiger partial charge in [0.1, 0.15) is 0 Å². The molecule has 4 rings (SSSR count). The molecule has 0 fully saturated rings. The number of carbonyl (C=O) groups excluding carboxylic acids is 1. The molecule has 11 heteroatoms. The van der Waals surface area contributed by atoms with Crippen LogP contribution < -0.4 is 9.73 Å². The van der Waals surface area contributed by atoms with Gasteiger partial charge in [0.25, 0.3) is 21.6 Å². The van der Waals surface area contributed by atoms with Crippen molar-refractivity contribution in [1.29, 1.82) is 0 Å². The first-order valence-corrected chi connectivity index (χ1v) is 13.5. The molecule has 4 aromatic rings. The summed E-state index contributed by atoms with van der Waals surface area (Å²) in [7, 11) is -4.09. The molecule has 0 saturated heterocycles. The molecule has 1 amide bonds. The van der Waals surface area contributed by atoms with E-state index in [0.29, 0.717) is 16.1 Å². The maximum absolute atomic E-state index is 13.9. The monoisotopic (exact) mass is 562 g/mol. The Hall–Kier alpha value is -4.54. The maximum Gasteiger partial charge on any atom is 0.273 e. The molecule has 0 aliphatic heterocycles. The van der Waals surface area contributed by atoms with E-state index in [0.717, 1.165) is 5.56 Å². The zero-order valence-corrected chi connectivity index (χ0v) is 22.3. The van der Waals surface area contributed by atoms with Gasteiger partial charge in [-0.2, -0.15) is 5.10 Å². The van der Waals surface area contributed by atoms with Crippen molar-refractivity contribution in [1.82, 2.24) is 5.43 Å². The van der Waals surface area contributed by atoms with Crippen LogP contribution in [0, 0.1) is 17.0 Å². The minimum absolute atomic E-state index is 0.0609. The molecule has 0 aromatic heterocycles. The molecule has 0 bridgehead atoms. The molecule has 1 N–H and O–H groups in total. The Morgan fingerprint density at radius 3 is 2.38 bits per heavy atom. The van der Waals surface area contributed by atoms with E-state index in [2.05, 4.69) is 10.5 Å². The molecular formula is C28H23ClN4O5S. The predicted octanol–water partition coefficient (Wildman–Crippen LogP) is 5.72. The van der Waals surface area contributed by atoms with E-state index >= 15 is 0 Å². The Morgan fingerprint density at radius 2 is 1.69 bits per heavy atom. The molecule has 0 aliphatic rings. The predicted molar refractivity (Wildman–Crippen MR) is 151 cm³/mol. The van der Waals surface area contributed by atoms with Crippen molar-refractivity contribution in [2.45, 2.75) is 18.4 Å². The number of hydrogen-bond acceptors (Lipinski definition) is 6. The fourth-order valence-electron chi connectivity index (χ4n) is 3.72. The summed E-state index contributed by atoms with van der Waals surface area (Å²) in [6, 6.07) is 25.2. The minimum atomic E-state index is -4.09. The number of anilines is 1. The number of carbonyl (C=O) groups is 1. The first-order valence-electron chi connectivity index (χ1n) is 11.7. The molecule has 0 atom stereocenters. The topological polar surface area (TPSA) is 122 Å². The van der Waals surface area contributed by atoms with Crippen LogP contribution in [0.25, 0.3) is 0 Å². The van der Waals surface area contributed by atoms with Crippen LogP contribution in [0.1, 0.15) is 27.0 Å². The number of nitrogens with zero attached hydrogens (tertiary/aromatic N) is 3. The van der Waals surface area contributed by atoms with Gasteiger partial charge in [0.05, 0.1) is 33.8 Å². The standard InChI is InChI=1S/C28H23ClN4O5S/c1-20-9-15-25(16-10-20)39(37,38)32(19-21-11-13-23(29)14-12-21)27-8-3-2-7-26(27)28(34)31-30-18-22-5-4-6-24(17-22)33(35)36/h2-18H,19H2,1H3,(H,31,34)/b30-18+. The smallest absolute Gasteiger partial charge is 0.267 e. The molecule has 39 heavy (non-hydrogen) atoms. The van der Waals surface area contributed by atoms with E-state index in [1.165, 1.54) is 46.9 Å². The average Bonchev–Trinajstić information content (AvgIpc) is 2.93. The molecule has 0 radical (unpaired) electrons. The van der Waals surface area contributed by atoms with E-state index in [4.69, 9.17) is 11.6 Å². The van der Waals surface area contributed by atoms with Gasteiger partial charge < -0.3 is 0 Å². The highest BCUT2D eigenvalue weighted by Crippen LogP contribution is 2.30. The van der Waals surface area contributed by atoms with Crippen molar-refractivity contribution in [3.8, 4) is 0 Å². The molecule has 0 heterocycles. The average molecular weight is 563 g/mol. The summed E-state index contributed by atoms with van der Waals surface area (Å²) in [6.45, 7) is 1.80. The third-order valence-corrected chi connectivity index (χ3v) is 7.75. The van der Waals surface area contributed by atoms with Crippen LogP contribution in [-0.2, 0) is 16.6 Å². The fraction of sp³-hybridized carbons (Fsp3) is 0.0714. The van der Waals surface area contributed by atoms with Crippen LogP contribution in [0.15, 0.2) is 107 Å². The number of nitro benzene ring substituents is 1. The Morgan fingerprint density at radius 1 is 1.00 bits per heavy atom. The lowest BCUT2D eigenvalue weighted by atomic mass is 10.1. The lowest BCUT2D eigenvalue weighted by Crippen LogP contribution is -2.33. The number of halogens is 1. The Balaban J connectivity index is 1.69. The second kappa shape index (κ2) is 11.9. The number of hydrogen-bond donors (Lipinski definition) is 1. The number of amides is 1. The number of aryl methyl sites for hydroxylation is 1. The molecular weight excluding hydrogens is 540 g/mol. The van der Waals surface area contributed by atoms with Gasteiger partial charge in [-0.15, -0.1) is 0 Å². The van der Waals surface area contributed by atoms with Gasteiger partial charge in [-0.05, 0) is 48.9 Å². The van der Waals surface area contributed by atoms with Gasteiger partial charge in [-0.1, -0.05) is 65.7 Å². The van der Waals surface area contributed by atoms with E-state index in [1.807, 2.05) is 6.92 Å². The van der Waals surface area contributed by atoms with Crippen LogP contribution in [0.3, 0.4) is 0 Å². The van der Waals surface area contributed by atoms with E-state index in [-0.39, 0.29) is 28.4 Å². The first-order chi connectivity index (χ1) is 18.6. The van der Waals surface area contributed by atoms with Crippen molar-refractivity contribution in [2.24, 2.45) is 5.10 Å². The van der Waals surface area contributed by atoms with Gasteiger partial charge in [0.15, 0.2) is 0 Å². The van der Waals surface area contributed by atoms with Crippen molar-refractivity contribution in [2.75, 3.05) is 4.31 Å². The van der Waals surface area contributed by atoms with Crippen molar-refractivity contribution < 1.29 is 18.1 Å². The summed E-state index contributed by atoms with van der Waals surface area (Å²) < 4.78 is 28.9. The number of nitrogens with one attached hydrogen (secondary N) is 1. The number of para-hydroxylation sites is 1. The van der Waals surface area contributed by atoms with Gasteiger partial charge in [-0.3, -0.25) is 19.2 Å². The van der Waals surface area contributed by atoms with Crippen LogP contribution in [0.5, 0.6) is 0 Å². The summed E-state index contributed by atoms with van der Waals surface area (Å²) in [4.78, 5) is 23.7. The van der Waals surface area contributed by atoms with Crippen LogP contribution in [0.4, 0.5) is 11.4 Å². The summed E-state index contributed by atoms with van der Waals surface area (Å²) in [6.07, 6.45) is 1.27. The Bertz CT molecular complexity index is 1640. The van der Waals surface area contributed by atoms with Crippen molar-refractivity contribution >= 4 is 45.1 Å². The highest BCUT2D eigenvalue weighted by atomic mass is 35.5. The lowest BCUT2D eigenvalue weighted by Gasteiger charge is -2.26. The number of sulfonamides is 1. The lowest BCUT2D eigenvalue weighted by molar-refractivity contribution is -0.384. The zero-order chi connectivity index (χ0) is 28.0. The Kier molecular flexibility index (Phi) is 8.38. The minimum Gasteiger partial charge on any atom is -0.267 e. The Labute approximate surface area is 230 Å².